The molecule has 0 unspecified atom stereocenters. The first-order chi connectivity index (χ1) is 5.54. The monoisotopic (exact) mass is 192 g/mol. The Bertz CT molecular complexity index is 232. The zero-order valence-corrected chi connectivity index (χ0v) is 8.18. The van der Waals surface area contributed by atoms with Crippen molar-refractivity contribution >= 4 is 10.0 Å². The van der Waals surface area contributed by atoms with Crippen LogP contribution in [0, 0.1) is 5.92 Å². The second kappa shape index (κ2) is 3.72. The molecule has 0 saturated carbocycles. The largest absolute Gasteiger partial charge is 0.330 e. The van der Waals surface area contributed by atoms with Gasteiger partial charge in [-0.25, -0.2) is 12.7 Å². The van der Waals surface area contributed by atoms with E-state index in [0.717, 1.165) is 12.8 Å². The molecule has 2 N–H and O–H groups in total. The Morgan fingerprint density at radius 1 is 1.50 bits per heavy atom. The van der Waals surface area contributed by atoms with Crippen LogP contribution in [0.2, 0.25) is 0 Å². The third-order valence-corrected chi connectivity index (χ3v) is 3.45. The summed E-state index contributed by atoms with van der Waals surface area (Å²) in [4.78, 5) is 0. The van der Waals surface area contributed by atoms with Crippen molar-refractivity contribution in [1.82, 2.24) is 4.31 Å². The van der Waals surface area contributed by atoms with Crippen LogP contribution in [0.25, 0.3) is 0 Å². The lowest BCUT2D eigenvalue weighted by Crippen LogP contribution is -2.49. The summed E-state index contributed by atoms with van der Waals surface area (Å²) in [6.07, 6.45) is 3.32. The van der Waals surface area contributed by atoms with E-state index in [2.05, 4.69) is 0 Å². The van der Waals surface area contributed by atoms with Crippen LogP contribution in [-0.2, 0) is 10.0 Å². The normalized spacial score (nSPS) is 20.8. The molecule has 0 radical (unpaired) electrons. The molecule has 1 aliphatic rings. The highest BCUT2D eigenvalue weighted by Gasteiger charge is 2.32. The molecule has 1 saturated heterocycles. The predicted octanol–water partition coefficient (Wildman–Crippen LogP) is -0.383. The Morgan fingerprint density at radius 2 is 2.08 bits per heavy atom. The second-order valence-electron chi connectivity index (χ2n) is 3.38. The van der Waals surface area contributed by atoms with Crippen molar-refractivity contribution < 1.29 is 8.42 Å². The minimum Gasteiger partial charge on any atom is -0.330 e. The van der Waals surface area contributed by atoms with E-state index < -0.39 is 10.0 Å². The van der Waals surface area contributed by atoms with Crippen molar-refractivity contribution in [2.75, 3.05) is 25.9 Å². The van der Waals surface area contributed by atoms with Crippen LogP contribution in [-0.4, -0.2) is 38.6 Å². The number of sulfonamides is 1. The fourth-order valence-corrected chi connectivity index (χ4v) is 2.35. The molecule has 0 amide bonds. The maximum Gasteiger partial charge on any atom is 0.211 e. The molecular formula is C7H16N2O2S. The number of hydrogen-bond donors (Lipinski definition) is 1. The predicted molar refractivity (Wildman–Crippen MR) is 48.2 cm³/mol. The van der Waals surface area contributed by atoms with E-state index in [4.69, 9.17) is 5.73 Å². The maximum atomic E-state index is 10.9. The van der Waals surface area contributed by atoms with Gasteiger partial charge in [-0.2, -0.15) is 0 Å². The molecule has 1 rings (SSSR count). The van der Waals surface area contributed by atoms with E-state index in [1.54, 1.807) is 0 Å². The van der Waals surface area contributed by atoms with Crippen LogP contribution in [0.15, 0.2) is 0 Å². The van der Waals surface area contributed by atoms with Gasteiger partial charge in [0.25, 0.3) is 0 Å². The van der Waals surface area contributed by atoms with Crippen LogP contribution in [0.1, 0.15) is 12.8 Å². The van der Waals surface area contributed by atoms with Crippen molar-refractivity contribution in [3.63, 3.8) is 0 Å². The molecule has 12 heavy (non-hydrogen) atoms. The summed E-state index contributed by atoms with van der Waals surface area (Å²) in [6.45, 7) is 2.09. The van der Waals surface area contributed by atoms with Gasteiger partial charge < -0.3 is 5.73 Å². The summed E-state index contributed by atoms with van der Waals surface area (Å²) in [6, 6.07) is 0. The smallest absolute Gasteiger partial charge is 0.211 e. The van der Waals surface area contributed by atoms with Gasteiger partial charge in [-0.15, -0.1) is 0 Å². The zero-order chi connectivity index (χ0) is 9.19. The fraction of sp³-hybridized carbons (Fsp3) is 1.00. The summed E-state index contributed by atoms with van der Waals surface area (Å²) in [5.74, 6) is 0.545. The summed E-state index contributed by atoms with van der Waals surface area (Å²) in [5, 5.41) is 0. The van der Waals surface area contributed by atoms with Gasteiger partial charge in [-0.3, -0.25) is 0 Å². The average molecular weight is 192 g/mol. The highest BCUT2D eigenvalue weighted by atomic mass is 32.2. The average Bonchev–Trinajstić information content (AvgIpc) is 1.81. The molecule has 0 aromatic rings. The van der Waals surface area contributed by atoms with Gasteiger partial charge in [0.15, 0.2) is 0 Å². The topological polar surface area (TPSA) is 63.4 Å². The third kappa shape index (κ3) is 2.43. The molecule has 0 spiro atoms. The molecule has 5 heteroatoms. The SMILES string of the molecule is CS(=O)(=O)N1CC(CCCN)C1. The first-order valence-electron chi connectivity index (χ1n) is 4.19. The van der Waals surface area contributed by atoms with E-state index >= 15 is 0 Å². The Hall–Kier alpha value is -0.130. The minimum absolute atomic E-state index is 0.545. The van der Waals surface area contributed by atoms with Crippen molar-refractivity contribution in [3.05, 3.63) is 0 Å². The molecule has 0 atom stereocenters. The number of rotatable bonds is 4. The molecule has 1 heterocycles. The van der Waals surface area contributed by atoms with Crippen molar-refractivity contribution in [2.24, 2.45) is 11.7 Å². The molecule has 0 aliphatic carbocycles. The fourth-order valence-electron chi connectivity index (χ4n) is 1.38. The summed E-state index contributed by atoms with van der Waals surface area (Å²) in [5.41, 5.74) is 5.34. The minimum atomic E-state index is -2.92. The van der Waals surface area contributed by atoms with Crippen LogP contribution in [0.3, 0.4) is 0 Å². The van der Waals surface area contributed by atoms with E-state index in [1.165, 1.54) is 10.6 Å². The van der Waals surface area contributed by atoms with Crippen molar-refractivity contribution in [1.29, 1.82) is 0 Å². The van der Waals surface area contributed by atoms with Crippen LogP contribution < -0.4 is 5.73 Å². The quantitative estimate of drug-likeness (QED) is 0.660. The summed E-state index contributed by atoms with van der Waals surface area (Å²) < 4.78 is 23.4. The standard InChI is InChI=1S/C7H16N2O2S/c1-12(10,11)9-5-7(6-9)3-2-4-8/h7H,2-6,8H2,1H3. The van der Waals surface area contributed by atoms with Crippen LogP contribution in [0.4, 0.5) is 0 Å². The van der Waals surface area contributed by atoms with Gasteiger partial charge in [-0.05, 0) is 25.3 Å². The van der Waals surface area contributed by atoms with Gasteiger partial charge >= 0.3 is 0 Å². The Morgan fingerprint density at radius 3 is 2.50 bits per heavy atom. The van der Waals surface area contributed by atoms with Crippen LogP contribution in [0.5, 0.6) is 0 Å². The Kier molecular flexibility index (Phi) is 3.09. The second-order valence-corrected chi connectivity index (χ2v) is 5.36. The highest BCUT2D eigenvalue weighted by Crippen LogP contribution is 2.22. The van der Waals surface area contributed by atoms with Gasteiger partial charge in [0.1, 0.15) is 0 Å². The lowest BCUT2D eigenvalue weighted by Gasteiger charge is -2.37. The molecular weight excluding hydrogens is 176 g/mol. The van der Waals surface area contributed by atoms with Gasteiger partial charge in [0.05, 0.1) is 6.26 Å². The van der Waals surface area contributed by atoms with Gasteiger partial charge in [-0.1, -0.05) is 0 Å². The van der Waals surface area contributed by atoms with Gasteiger partial charge in [0, 0.05) is 13.1 Å². The van der Waals surface area contributed by atoms with E-state index in [9.17, 15) is 8.42 Å². The lowest BCUT2D eigenvalue weighted by molar-refractivity contribution is 0.189. The molecule has 0 bridgehead atoms. The highest BCUT2D eigenvalue weighted by molar-refractivity contribution is 7.88. The Balaban J connectivity index is 2.20. The molecule has 1 fully saturated rings. The van der Waals surface area contributed by atoms with E-state index in [1.807, 2.05) is 0 Å². The van der Waals surface area contributed by atoms with Crippen molar-refractivity contribution in [2.45, 2.75) is 12.8 Å². The number of nitrogens with two attached hydrogens (primary N) is 1. The summed E-state index contributed by atoms with van der Waals surface area (Å²) >= 11 is 0. The first-order valence-corrected chi connectivity index (χ1v) is 6.04. The van der Waals surface area contributed by atoms with Crippen LogP contribution >= 0.6 is 0 Å². The number of hydrogen-bond acceptors (Lipinski definition) is 3. The van der Waals surface area contributed by atoms with E-state index in [-0.39, 0.29) is 0 Å². The summed E-state index contributed by atoms with van der Waals surface area (Å²) in [7, 11) is -2.92. The lowest BCUT2D eigenvalue weighted by atomic mass is 9.97. The molecule has 72 valence electrons. The Labute approximate surface area is 73.8 Å². The third-order valence-electron chi connectivity index (χ3n) is 2.21. The molecule has 4 nitrogen and oxygen atoms in total. The first kappa shape index (κ1) is 9.95. The zero-order valence-electron chi connectivity index (χ0n) is 7.36. The van der Waals surface area contributed by atoms with Gasteiger partial charge in [0.2, 0.25) is 10.0 Å². The van der Waals surface area contributed by atoms with Crippen molar-refractivity contribution in [3.8, 4) is 0 Å². The number of nitrogens with zero attached hydrogens (tertiary/aromatic N) is 1. The van der Waals surface area contributed by atoms with E-state index in [0.29, 0.717) is 25.6 Å². The maximum absolute atomic E-state index is 10.9. The molecule has 1 aliphatic heterocycles. The molecule has 0 aromatic heterocycles. The molecule has 0 aromatic carbocycles.